The number of anilines is 1. The molecule has 1 heterocycles. The van der Waals surface area contributed by atoms with Crippen molar-refractivity contribution in [3.63, 3.8) is 0 Å². The number of carbonyl (C=O) groups is 2. The highest BCUT2D eigenvalue weighted by atomic mass is 16.5. The van der Waals surface area contributed by atoms with Gasteiger partial charge in [-0.25, -0.2) is 0 Å². The van der Waals surface area contributed by atoms with E-state index in [1.165, 1.54) is 96.3 Å². The van der Waals surface area contributed by atoms with E-state index >= 15 is 0 Å². The molecule has 0 saturated carbocycles. The maximum atomic E-state index is 13.9. The number of aryl methyl sites for hydroxylation is 1. The van der Waals surface area contributed by atoms with E-state index < -0.39 is 0 Å². The number of hydrogen-bond acceptors (Lipinski definition) is 7. The van der Waals surface area contributed by atoms with E-state index in [1.807, 2.05) is 78.9 Å². The quantitative estimate of drug-likeness (QED) is 0.0402. The zero-order valence-electron chi connectivity index (χ0n) is 33.7. The van der Waals surface area contributed by atoms with Gasteiger partial charge in [-0.3, -0.25) is 9.59 Å². The lowest BCUT2D eigenvalue weighted by Gasteiger charge is -2.24. The number of nitrogens with zero attached hydrogens (tertiary/aromatic N) is 3. The number of hydrogen-bond donors (Lipinski definition) is 0. The lowest BCUT2D eigenvalue weighted by atomic mass is 10.0. The average Bonchev–Trinajstić information content (AvgIpc) is 3.71. The van der Waals surface area contributed by atoms with E-state index in [9.17, 15) is 9.59 Å². The Bertz CT molecular complexity index is 1620. The number of benzene rings is 3. The van der Waals surface area contributed by atoms with Crippen LogP contribution >= 0.6 is 0 Å². The number of amides is 1. The van der Waals surface area contributed by atoms with Gasteiger partial charge in [0.05, 0.1) is 24.5 Å². The van der Waals surface area contributed by atoms with E-state index in [4.69, 9.17) is 13.9 Å². The monoisotopic (exact) mass is 751 g/mol. The molecule has 298 valence electrons. The Hall–Kier alpha value is -4.46. The van der Waals surface area contributed by atoms with Crippen molar-refractivity contribution in [2.24, 2.45) is 0 Å². The Labute approximate surface area is 330 Å². The summed E-state index contributed by atoms with van der Waals surface area (Å²) in [6, 6.07) is 25.2. The van der Waals surface area contributed by atoms with Crippen molar-refractivity contribution in [1.82, 2.24) is 10.2 Å². The molecule has 8 nitrogen and oxygen atoms in total. The zero-order chi connectivity index (χ0) is 38.8. The number of carbonyl (C=O) groups excluding carboxylic acids is 2. The first kappa shape index (κ1) is 43.3. The Morgan fingerprint density at radius 3 is 1.84 bits per heavy atom. The highest BCUT2D eigenvalue weighted by Gasteiger charge is 2.22. The van der Waals surface area contributed by atoms with Crippen LogP contribution < -0.4 is 9.64 Å². The van der Waals surface area contributed by atoms with Crippen LogP contribution in [-0.2, 0) is 20.7 Å². The fraction of sp³-hybridized carbons (Fsp3) is 0.532. The van der Waals surface area contributed by atoms with Crippen LogP contribution in [-0.4, -0.2) is 41.8 Å². The van der Waals surface area contributed by atoms with Crippen molar-refractivity contribution in [2.45, 2.75) is 142 Å². The Balaban J connectivity index is 1.18. The molecular formula is C47H65N3O5. The molecule has 1 aromatic heterocycles. The molecule has 55 heavy (non-hydrogen) atoms. The van der Waals surface area contributed by atoms with Gasteiger partial charge < -0.3 is 18.8 Å². The Kier molecular flexibility index (Phi) is 20.7. The summed E-state index contributed by atoms with van der Waals surface area (Å²) in [7, 11) is 0. The van der Waals surface area contributed by atoms with Crippen LogP contribution in [0, 0.1) is 0 Å². The van der Waals surface area contributed by atoms with Gasteiger partial charge in [0, 0.05) is 24.9 Å². The molecule has 0 N–H and O–H groups in total. The van der Waals surface area contributed by atoms with Gasteiger partial charge in [0.25, 0.3) is 0 Å². The molecule has 8 heteroatoms. The third kappa shape index (κ3) is 16.4. The van der Waals surface area contributed by atoms with Crippen LogP contribution in [0.5, 0.6) is 5.75 Å². The summed E-state index contributed by atoms with van der Waals surface area (Å²) in [5, 5.41) is 8.59. The van der Waals surface area contributed by atoms with E-state index in [0.29, 0.717) is 55.4 Å². The first-order valence-corrected chi connectivity index (χ1v) is 21.2. The van der Waals surface area contributed by atoms with Crippen molar-refractivity contribution in [3.8, 4) is 28.7 Å². The second kappa shape index (κ2) is 26.4. The third-order valence-electron chi connectivity index (χ3n) is 10.1. The summed E-state index contributed by atoms with van der Waals surface area (Å²) < 4.78 is 17.3. The average molecular weight is 752 g/mol. The predicted octanol–water partition coefficient (Wildman–Crippen LogP) is 12.4. The van der Waals surface area contributed by atoms with Crippen LogP contribution in [0.25, 0.3) is 22.9 Å². The summed E-state index contributed by atoms with van der Waals surface area (Å²) in [5.41, 5.74) is 3.20. The molecule has 0 radical (unpaired) electrons. The van der Waals surface area contributed by atoms with Crippen molar-refractivity contribution in [1.29, 1.82) is 0 Å². The zero-order valence-corrected chi connectivity index (χ0v) is 33.7. The molecular weight excluding hydrogens is 687 g/mol. The van der Waals surface area contributed by atoms with Gasteiger partial charge in [0.1, 0.15) is 5.75 Å². The van der Waals surface area contributed by atoms with Crippen LogP contribution in [0.1, 0.15) is 141 Å². The van der Waals surface area contributed by atoms with E-state index in [0.717, 1.165) is 29.9 Å². The number of unbranched alkanes of at least 4 members (excludes halogenated alkanes) is 15. The first-order valence-electron chi connectivity index (χ1n) is 21.2. The minimum atomic E-state index is -0.273. The van der Waals surface area contributed by atoms with Crippen LogP contribution in [0.4, 0.5) is 5.69 Å². The van der Waals surface area contributed by atoms with Gasteiger partial charge >= 0.3 is 5.97 Å². The topological polar surface area (TPSA) is 94.8 Å². The fourth-order valence-electron chi connectivity index (χ4n) is 6.89. The largest absolute Gasteiger partial charge is 0.494 e. The molecule has 0 aliphatic heterocycles. The minimum Gasteiger partial charge on any atom is -0.494 e. The van der Waals surface area contributed by atoms with Crippen LogP contribution in [0.2, 0.25) is 0 Å². The summed E-state index contributed by atoms with van der Waals surface area (Å²) >= 11 is 0. The van der Waals surface area contributed by atoms with Crippen LogP contribution in [0.15, 0.2) is 83.3 Å². The molecule has 0 aliphatic carbocycles. The molecule has 0 aliphatic rings. The maximum absolute atomic E-state index is 13.9. The van der Waals surface area contributed by atoms with E-state index in [-0.39, 0.29) is 18.3 Å². The fourth-order valence-corrected chi connectivity index (χ4v) is 6.89. The van der Waals surface area contributed by atoms with Crippen molar-refractivity contribution < 1.29 is 23.5 Å². The van der Waals surface area contributed by atoms with Gasteiger partial charge in [-0.15, -0.1) is 10.2 Å². The number of ether oxygens (including phenoxy) is 2. The van der Waals surface area contributed by atoms with Gasteiger partial charge in [-0.2, -0.15) is 0 Å². The summed E-state index contributed by atoms with van der Waals surface area (Å²) in [4.78, 5) is 27.8. The normalized spacial score (nSPS) is 11.1. The second-order valence-corrected chi connectivity index (χ2v) is 14.5. The van der Waals surface area contributed by atoms with Crippen molar-refractivity contribution in [3.05, 3.63) is 84.4 Å². The standard InChI is InChI=1S/C47H65N3O5/c1-3-5-6-7-8-9-10-11-12-13-14-15-16-17-18-24-38-54-41-34-31-39(32-35-41)33-36-44(51)50(37-25-30-45(52)53-4-2)43-29-23-22-28-42(43)47-49-48-46(55-47)40-26-20-19-21-27-40/h19-23,26-29,31-32,34-35H,3-18,24-25,30,33,36-38H2,1-2H3. The van der Waals surface area contributed by atoms with Gasteiger partial charge in [-0.05, 0) is 68.1 Å². The van der Waals surface area contributed by atoms with Gasteiger partial charge in [-0.1, -0.05) is 146 Å². The Morgan fingerprint density at radius 2 is 1.20 bits per heavy atom. The number of aromatic nitrogens is 2. The highest BCUT2D eigenvalue weighted by Crippen LogP contribution is 2.33. The molecule has 1 amide bonds. The van der Waals surface area contributed by atoms with Crippen molar-refractivity contribution >= 4 is 17.6 Å². The lowest BCUT2D eigenvalue weighted by molar-refractivity contribution is -0.143. The molecule has 0 saturated heterocycles. The number of para-hydroxylation sites is 1. The lowest BCUT2D eigenvalue weighted by Crippen LogP contribution is -2.33. The summed E-state index contributed by atoms with van der Waals surface area (Å²) in [6.45, 7) is 5.47. The molecule has 3 aromatic carbocycles. The summed E-state index contributed by atoms with van der Waals surface area (Å²) in [6.07, 6.45) is 23.2. The molecule has 0 unspecified atom stereocenters. The van der Waals surface area contributed by atoms with Gasteiger partial charge in [0.15, 0.2) is 0 Å². The predicted molar refractivity (Wildman–Crippen MR) is 223 cm³/mol. The van der Waals surface area contributed by atoms with Crippen LogP contribution in [0.3, 0.4) is 0 Å². The first-order chi connectivity index (χ1) is 27.1. The third-order valence-corrected chi connectivity index (χ3v) is 10.1. The highest BCUT2D eigenvalue weighted by molar-refractivity contribution is 5.97. The smallest absolute Gasteiger partial charge is 0.305 e. The molecule has 4 rings (SSSR count). The molecule has 4 aromatic rings. The summed E-state index contributed by atoms with van der Waals surface area (Å²) in [5.74, 6) is 1.27. The van der Waals surface area contributed by atoms with E-state index in [1.54, 1.807) is 11.8 Å². The molecule has 0 fully saturated rings. The molecule has 0 atom stereocenters. The SMILES string of the molecule is CCCCCCCCCCCCCCCCCCOc1ccc(CCC(=O)N(CCCC(=O)OCC)c2ccccc2-c2nnc(-c3ccccc3)o2)cc1. The number of rotatable bonds is 29. The number of esters is 1. The van der Waals surface area contributed by atoms with E-state index in [2.05, 4.69) is 17.1 Å². The van der Waals surface area contributed by atoms with Gasteiger partial charge in [0.2, 0.25) is 17.7 Å². The minimum absolute atomic E-state index is 0.0528. The second-order valence-electron chi connectivity index (χ2n) is 14.5. The van der Waals surface area contributed by atoms with Crippen molar-refractivity contribution in [2.75, 3.05) is 24.7 Å². The maximum Gasteiger partial charge on any atom is 0.305 e. The molecule has 0 spiro atoms. The molecule has 0 bridgehead atoms. The Morgan fingerprint density at radius 1 is 0.618 bits per heavy atom.